The predicted octanol–water partition coefficient (Wildman–Crippen LogP) is 5.73. The van der Waals surface area contributed by atoms with Gasteiger partial charge >= 0.3 is 0 Å². The van der Waals surface area contributed by atoms with Crippen LogP contribution in [-0.4, -0.2) is 29.7 Å². The number of methoxy groups -OCH3 is 2. The molecule has 0 aliphatic carbocycles. The number of carbonyl (C=O) groups is 1. The highest BCUT2D eigenvalue weighted by atomic mass is 16.5. The van der Waals surface area contributed by atoms with E-state index in [1.807, 2.05) is 18.2 Å². The van der Waals surface area contributed by atoms with Gasteiger partial charge in [0, 0.05) is 12.1 Å². The average molecular weight is 438 g/mol. The van der Waals surface area contributed by atoms with Crippen LogP contribution in [0, 0.1) is 0 Å². The number of rotatable bonds is 13. The standard InChI is InChI=1S/C26H35N3O3/c1-4-5-6-7-8-9-12-17-29-22-14-11-10-13-21(22)28-25(29)19-27-26(30)20-15-16-23(31-2)24(18-20)32-3/h10-11,13-16,18H,4-9,12,17,19H2,1-3H3,(H,27,30). The van der Waals surface area contributed by atoms with Crippen LogP contribution in [0.1, 0.15) is 68.1 Å². The fourth-order valence-corrected chi connectivity index (χ4v) is 3.98. The van der Waals surface area contributed by atoms with Gasteiger partial charge in [0.2, 0.25) is 0 Å². The number of carbonyl (C=O) groups excluding carboxylic acids is 1. The quantitative estimate of drug-likeness (QED) is 0.347. The van der Waals surface area contributed by atoms with Gasteiger partial charge in [-0.15, -0.1) is 0 Å². The summed E-state index contributed by atoms with van der Waals surface area (Å²) in [6.07, 6.45) is 8.86. The lowest BCUT2D eigenvalue weighted by Crippen LogP contribution is -2.25. The van der Waals surface area contributed by atoms with Crippen molar-refractivity contribution in [3.05, 3.63) is 53.9 Å². The van der Waals surface area contributed by atoms with Gasteiger partial charge in [-0.1, -0.05) is 57.6 Å². The number of hydrogen-bond donors (Lipinski definition) is 1. The predicted molar refractivity (Wildman–Crippen MR) is 128 cm³/mol. The van der Waals surface area contributed by atoms with Gasteiger partial charge in [0.05, 0.1) is 31.8 Å². The van der Waals surface area contributed by atoms with Crippen LogP contribution in [0.2, 0.25) is 0 Å². The van der Waals surface area contributed by atoms with Gasteiger partial charge in [-0.25, -0.2) is 4.98 Å². The third kappa shape index (κ3) is 6.02. The molecule has 0 unspecified atom stereocenters. The molecule has 6 nitrogen and oxygen atoms in total. The molecule has 0 saturated heterocycles. The summed E-state index contributed by atoms with van der Waals surface area (Å²) in [4.78, 5) is 17.5. The zero-order valence-corrected chi connectivity index (χ0v) is 19.5. The van der Waals surface area contributed by atoms with E-state index in [0.717, 1.165) is 29.8 Å². The van der Waals surface area contributed by atoms with E-state index in [1.54, 1.807) is 32.4 Å². The number of aromatic nitrogens is 2. The van der Waals surface area contributed by atoms with E-state index in [-0.39, 0.29) is 5.91 Å². The fourth-order valence-electron chi connectivity index (χ4n) is 3.98. The molecule has 172 valence electrons. The van der Waals surface area contributed by atoms with E-state index < -0.39 is 0 Å². The summed E-state index contributed by atoms with van der Waals surface area (Å²) in [5.41, 5.74) is 2.61. The van der Waals surface area contributed by atoms with Crippen molar-refractivity contribution in [2.45, 2.75) is 65.0 Å². The summed E-state index contributed by atoms with van der Waals surface area (Å²) >= 11 is 0. The molecule has 0 saturated carbocycles. The van der Waals surface area contributed by atoms with Crippen LogP contribution in [0.25, 0.3) is 11.0 Å². The van der Waals surface area contributed by atoms with Crippen LogP contribution >= 0.6 is 0 Å². The van der Waals surface area contributed by atoms with Crippen molar-refractivity contribution in [2.75, 3.05) is 14.2 Å². The highest BCUT2D eigenvalue weighted by Crippen LogP contribution is 2.27. The maximum absolute atomic E-state index is 12.8. The molecular formula is C26H35N3O3. The molecule has 1 amide bonds. The first kappa shape index (κ1) is 23.6. The Hall–Kier alpha value is -3.02. The summed E-state index contributed by atoms with van der Waals surface area (Å²) in [5, 5.41) is 3.01. The SMILES string of the molecule is CCCCCCCCCn1c(CNC(=O)c2ccc(OC)c(OC)c2)nc2ccccc21. The van der Waals surface area contributed by atoms with Gasteiger partial charge < -0.3 is 19.4 Å². The number of hydrogen-bond acceptors (Lipinski definition) is 4. The van der Waals surface area contributed by atoms with E-state index in [2.05, 4.69) is 22.9 Å². The maximum Gasteiger partial charge on any atom is 0.251 e. The zero-order chi connectivity index (χ0) is 22.8. The third-order valence-corrected chi connectivity index (χ3v) is 5.77. The molecule has 0 fully saturated rings. The van der Waals surface area contributed by atoms with E-state index in [4.69, 9.17) is 14.5 Å². The number of unbranched alkanes of at least 4 members (excludes halogenated alkanes) is 6. The molecule has 0 aliphatic rings. The fraction of sp³-hybridized carbons (Fsp3) is 0.462. The molecule has 3 rings (SSSR count). The summed E-state index contributed by atoms with van der Waals surface area (Å²) < 4.78 is 12.8. The van der Waals surface area contributed by atoms with Gasteiger partial charge in [-0.2, -0.15) is 0 Å². The molecule has 2 aromatic carbocycles. The van der Waals surface area contributed by atoms with E-state index >= 15 is 0 Å². The molecule has 3 aromatic rings. The van der Waals surface area contributed by atoms with Crippen LogP contribution in [0.15, 0.2) is 42.5 Å². The van der Waals surface area contributed by atoms with E-state index in [9.17, 15) is 4.79 Å². The topological polar surface area (TPSA) is 65.4 Å². The minimum atomic E-state index is -0.166. The maximum atomic E-state index is 12.8. The van der Waals surface area contributed by atoms with Crippen molar-refractivity contribution < 1.29 is 14.3 Å². The highest BCUT2D eigenvalue weighted by molar-refractivity contribution is 5.94. The van der Waals surface area contributed by atoms with Gasteiger partial charge in [0.25, 0.3) is 5.91 Å². The van der Waals surface area contributed by atoms with Crippen LogP contribution in [0.3, 0.4) is 0 Å². The number of amides is 1. The Morgan fingerprint density at radius 2 is 1.66 bits per heavy atom. The third-order valence-electron chi connectivity index (χ3n) is 5.77. The number of benzene rings is 2. The molecule has 0 aliphatic heterocycles. The van der Waals surface area contributed by atoms with Gasteiger partial charge in [-0.05, 0) is 36.8 Å². The van der Waals surface area contributed by atoms with Crippen molar-refractivity contribution in [1.29, 1.82) is 0 Å². The van der Waals surface area contributed by atoms with Gasteiger partial charge in [0.15, 0.2) is 11.5 Å². The number of imidazole rings is 1. The molecule has 0 radical (unpaired) electrons. The Labute approximate surface area is 190 Å². The highest BCUT2D eigenvalue weighted by Gasteiger charge is 2.14. The van der Waals surface area contributed by atoms with Crippen molar-refractivity contribution in [3.8, 4) is 11.5 Å². The Morgan fingerprint density at radius 3 is 2.41 bits per heavy atom. The van der Waals surface area contributed by atoms with Gasteiger partial charge in [-0.3, -0.25) is 4.79 Å². The normalized spacial score (nSPS) is 11.0. The van der Waals surface area contributed by atoms with Crippen molar-refractivity contribution in [3.63, 3.8) is 0 Å². The number of fused-ring (bicyclic) bond motifs is 1. The van der Waals surface area contributed by atoms with Crippen molar-refractivity contribution in [2.24, 2.45) is 0 Å². The summed E-state index contributed by atoms with van der Waals surface area (Å²) in [6, 6.07) is 13.3. The lowest BCUT2D eigenvalue weighted by atomic mass is 10.1. The van der Waals surface area contributed by atoms with Gasteiger partial charge in [0.1, 0.15) is 5.82 Å². The first-order chi connectivity index (χ1) is 15.7. The van der Waals surface area contributed by atoms with Crippen LogP contribution in [0.5, 0.6) is 11.5 Å². The Morgan fingerprint density at radius 1 is 0.938 bits per heavy atom. The van der Waals surface area contributed by atoms with E-state index in [1.165, 1.54) is 38.5 Å². The molecular weight excluding hydrogens is 402 g/mol. The van der Waals surface area contributed by atoms with Crippen molar-refractivity contribution in [1.82, 2.24) is 14.9 Å². The van der Waals surface area contributed by atoms with Crippen LogP contribution in [0.4, 0.5) is 0 Å². The number of aryl methyl sites for hydroxylation is 1. The minimum Gasteiger partial charge on any atom is -0.493 e. The lowest BCUT2D eigenvalue weighted by molar-refractivity contribution is 0.0949. The number of para-hydroxylation sites is 2. The first-order valence-electron chi connectivity index (χ1n) is 11.6. The molecule has 1 N–H and O–H groups in total. The van der Waals surface area contributed by atoms with Crippen molar-refractivity contribution >= 4 is 16.9 Å². The second kappa shape index (κ2) is 12.1. The summed E-state index contributed by atoms with van der Waals surface area (Å²) in [5.74, 6) is 1.85. The lowest BCUT2D eigenvalue weighted by Gasteiger charge is -2.12. The smallest absolute Gasteiger partial charge is 0.251 e. The average Bonchev–Trinajstić information content (AvgIpc) is 3.18. The number of nitrogens with one attached hydrogen (secondary N) is 1. The molecule has 0 bridgehead atoms. The minimum absolute atomic E-state index is 0.166. The van der Waals surface area contributed by atoms with Crippen LogP contribution in [-0.2, 0) is 13.1 Å². The second-order valence-electron chi connectivity index (χ2n) is 8.04. The molecule has 1 aromatic heterocycles. The Kier molecular flexibility index (Phi) is 8.96. The molecule has 32 heavy (non-hydrogen) atoms. The number of nitrogens with zero attached hydrogens (tertiary/aromatic N) is 2. The monoisotopic (exact) mass is 437 g/mol. The first-order valence-corrected chi connectivity index (χ1v) is 11.6. The zero-order valence-electron chi connectivity index (χ0n) is 19.5. The molecule has 0 atom stereocenters. The van der Waals surface area contributed by atoms with E-state index in [0.29, 0.717) is 23.6 Å². The second-order valence-corrected chi connectivity index (χ2v) is 8.04. The number of ether oxygens (including phenoxy) is 2. The molecule has 1 heterocycles. The largest absolute Gasteiger partial charge is 0.493 e. The Balaban J connectivity index is 1.65. The summed E-state index contributed by atoms with van der Waals surface area (Å²) in [6.45, 7) is 3.53. The Bertz CT molecular complexity index is 1010. The van der Waals surface area contributed by atoms with Crippen LogP contribution < -0.4 is 14.8 Å². The molecule has 6 heteroatoms. The molecule has 0 spiro atoms. The summed E-state index contributed by atoms with van der Waals surface area (Å²) in [7, 11) is 3.14.